The van der Waals surface area contributed by atoms with Gasteiger partial charge in [0.05, 0.1) is 13.2 Å². The van der Waals surface area contributed by atoms with Gasteiger partial charge in [0.25, 0.3) is 0 Å². The van der Waals surface area contributed by atoms with E-state index in [0.717, 1.165) is 31.9 Å². The third kappa shape index (κ3) is 5.11. The van der Waals surface area contributed by atoms with Crippen LogP contribution in [0, 0.1) is 5.92 Å². The normalized spacial score (nSPS) is 31.9. The lowest BCUT2D eigenvalue weighted by molar-refractivity contribution is -0.123. The molecule has 2 N–H and O–H groups in total. The van der Waals surface area contributed by atoms with Crippen molar-refractivity contribution in [3.05, 3.63) is 0 Å². The van der Waals surface area contributed by atoms with Gasteiger partial charge in [-0.2, -0.15) is 0 Å². The van der Waals surface area contributed by atoms with Gasteiger partial charge in [0, 0.05) is 25.0 Å². The minimum Gasteiger partial charge on any atom is -0.378 e. The van der Waals surface area contributed by atoms with Crippen LogP contribution in [-0.4, -0.2) is 37.7 Å². The van der Waals surface area contributed by atoms with E-state index in [1.165, 1.54) is 25.7 Å². The molecule has 0 bridgehead atoms. The molecule has 4 nitrogen and oxygen atoms in total. The molecule has 1 saturated carbocycles. The first-order chi connectivity index (χ1) is 9.28. The van der Waals surface area contributed by atoms with Crippen LogP contribution < -0.4 is 10.6 Å². The van der Waals surface area contributed by atoms with Crippen LogP contribution >= 0.6 is 0 Å². The van der Waals surface area contributed by atoms with Gasteiger partial charge in [-0.1, -0.05) is 19.8 Å². The van der Waals surface area contributed by atoms with Crippen LogP contribution in [0.25, 0.3) is 0 Å². The lowest BCUT2D eigenvalue weighted by Gasteiger charge is -2.30. The first-order valence-corrected chi connectivity index (χ1v) is 7.88. The van der Waals surface area contributed by atoms with Crippen LogP contribution in [-0.2, 0) is 9.53 Å². The molecule has 2 rings (SSSR count). The highest BCUT2D eigenvalue weighted by Crippen LogP contribution is 2.27. The summed E-state index contributed by atoms with van der Waals surface area (Å²) < 4.78 is 5.37. The molecule has 0 aromatic heterocycles. The molecule has 1 heterocycles. The maximum atomic E-state index is 12.0. The first-order valence-electron chi connectivity index (χ1n) is 7.88. The molecule has 1 aliphatic carbocycles. The molecule has 1 aliphatic heterocycles. The number of carbonyl (C=O) groups excluding carboxylic acids is 1. The van der Waals surface area contributed by atoms with Crippen molar-refractivity contribution in [3.8, 4) is 0 Å². The summed E-state index contributed by atoms with van der Waals surface area (Å²) in [6.07, 6.45) is 8.07. The second kappa shape index (κ2) is 7.85. The van der Waals surface area contributed by atoms with Gasteiger partial charge in [0.15, 0.2) is 0 Å². The van der Waals surface area contributed by atoms with Crippen LogP contribution in [0.2, 0.25) is 0 Å². The maximum absolute atomic E-state index is 12.0. The summed E-state index contributed by atoms with van der Waals surface area (Å²) in [6.45, 7) is 4.55. The topological polar surface area (TPSA) is 50.4 Å². The van der Waals surface area contributed by atoms with Gasteiger partial charge >= 0.3 is 0 Å². The Kier molecular flexibility index (Phi) is 6.11. The maximum Gasteiger partial charge on any atom is 0.221 e. The number of morpholine rings is 1. The van der Waals surface area contributed by atoms with Crippen molar-refractivity contribution < 1.29 is 9.53 Å². The summed E-state index contributed by atoms with van der Waals surface area (Å²) >= 11 is 0. The Morgan fingerprint density at radius 1 is 1.32 bits per heavy atom. The molecule has 0 radical (unpaired) electrons. The molecule has 1 saturated heterocycles. The molecule has 110 valence electrons. The van der Waals surface area contributed by atoms with Crippen molar-refractivity contribution >= 4 is 5.91 Å². The number of carbonyl (C=O) groups is 1. The van der Waals surface area contributed by atoms with Crippen LogP contribution in [0.4, 0.5) is 0 Å². The molecule has 0 spiro atoms. The molecule has 0 aromatic carbocycles. The minimum atomic E-state index is 0.182. The average Bonchev–Trinajstić information content (AvgIpc) is 2.42. The van der Waals surface area contributed by atoms with Gasteiger partial charge in [0.1, 0.15) is 0 Å². The van der Waals surface area contributed by atoms with Crippen molar-refractivity contribution in [1.29, 1.82) is 0 Å². The number of ether oxygens (including phenoxy) is 1. The van der Waals surface area contributed by atoms with E-state index < -0.39 is 0 Å². The molecular weight excluding hydrogens is 240 g/mol. The monoisotopic (exact) mass is 268 g/mol. The number of hydrogen-bond donors (Lipinski definition) is 2. The lowest BCUT2D eigenvalue weighted by Crippen LogP contribution is -2.46. The van der Waals surface area contributed by atoms with Gasteiger partial charge in [-0.25, -0.2) is 0 Å². The molecule has 4 heteroatoms. The highest BCUT2D eigenvalue weighted by Gasteiger charge is 2.23. The molecule has 1 atom stereocenters. The number of rotatable bonds is 5. The van der Waals surface area contributed by atoms with Gasteiger partial charge in [-0.15, -0.1) is 0 Å². The van der Waals surface area contributed by atoms with E-state index in [-0.39, 0.29) is 11.9 Å². The Bertz CT molecular complexity index is 269. The van der Waals surface area contributed by atoms with E-state index in [2.05, 4.69) is 17.6 Å². The third-order valence-corrected chi connectivity index (χ3v) is 4.34. The zero-order valence-corrected chi connectivity index (χ0v) is 12.1. The van der Waals surface area contributed by atoms with Crippen LogP contribution in [0.1, 0.15) is 51.9 Å². The van der Waals surface area contributed by atoms with Crippen molar-refractivity contribution in [3.63, 3.8) is 0 Å². The smallest absolute Gasteiger partial charge is 0.221 e. The van der Waals surface area contributed by atoms with Gasteiger partial charge < -0.3 is 15.4 Å². The highest BCUT2D eigenvalue weighted by atomic mass is 16.5. The average molecular weight is 268 g/mol. The second-order valence-electron chi connectivity index (χ2n) is 6.00. The van der Waals surface area contributed by atoms with Crippen LogP contribution in [0.5, 0.6) is 0 Å². The van der Waals surface area contributed by atoms with E-state index in [1.807, 2.05) is 0 Å². The van der Waals surface area contributed by atoms with Crippen molar-refractivity contribution in [2.45, 2.75) is 64.0 Å². The van der Waals surface area contributed by atoms with E-state index in [9.17, 15) is 4.79 Å². The van der Waals surface area contributed by atoms with Crippen molar-refractivity contribution in [1.82, 2.24) is 10.6 Å². The van der Waals surface area contributed by atoms with E-state index in [0.29, 0.717) is 19.1 Å². The zero-order valence-electron chi connectivity index (χ0n) is 12.1. The van der Waals surface area contributed by atoms with Gasteiger partial charge in [0.2, 0.25) is 5.91 Å². The molecule has 1 unspecified atom stereocenters. The van der Waals surface area contributed by atoms with E-state index in [4.69, 9.17) is 4.74 Å². The van der Waals surface area contributed by atoms with Crippen molar-refractivity contribution in [2.75, 3.05) is 19.8 Å². The summed E-state index contributed by atoms with van der Waals surface area (Å²) in [5, 5.41) is 6.52. The summed E-state index contributed by atoms with van der Waals surface area (Å²) in [5.41, 5.74) is 0. The molecule has 2 fully saturated rings. The Balaban J connectivity index is 1.63. The first kappa shape index (κ1) is 14.8. The molecule has 0 aromatic rings. The summed E-state index contributed by atoms with van der Waals surface area (Å²) in [7, 11) is 0. The molecule has 2 aliphatic rings. The van der Waals surface area contributed by atoms with Gasteiger partial charge in [-0.05, 0) is 31.6 Å². The Labute approximate surface area is 116 Å². The number of nitrogens with one attached hydrogen (secondary N) is 2. The largest absolute Gasteiger partial charge is 0.378 e. The van der Waals surface area contributed by atoms with Gasteiger partial charge in [-0.3, -0.25) is 4.79 Å². The Hall–Kier alpha value is -0.610. The van der Waals surface area contributed by atoms with Crippen molar-refractivity contribution in [2.24, 2.45) is 5.92 Å². The zero-order chi connectivity index (χ0) is 13.5. The Morgan fingerprint density at radius 3 is 2.74 bits per heavy atom. The Morgan fingerprint density at radius 2 is 2.11 bits per heavy atom. The lowest BCUT2D eigenvalue weighted by atomic mass is 9.83. The fourth-order valence-corrected chi connectivity index (χ4v) is 3.26. The third-order valence-electron chi connectivity index (χ3n) is 4.34. The summed E-state index contributed by atoms with van der Waals surface area (Å²) in [4.78, 5) is 12.0. The SMILES string of the molecule is CCCC1CCC(NC(=O)CC2COCCN2)CC1. The predicted octanol–water partition coefficient (Wildman–Crippen LogP) is 1.84. The molecule has 19 heavy (non-hydrogen) atoms. The second-order valence-corrected chi connectivity index (χ2v) is 6.00. The fourth-order valence-electron chi connectivity index (χ4n) is 3.26. The van der Waals surface area contributed by atoms with Crippen LogP contribution in [0.15, 0.2) is 0 Å². The quantitative estimate of drug-likeness (QED) is 0.800. The highest BCUT2D eigenvalue weighted by molar-refractivity contribution is 5.76. The minimum absolute atomic E-state index is 0.182. The number of hydrogen-bond acceptors (Lipinski definition) is 3. The summed E-state index contributed by atoms with van der Waals surface area (Å²) in [5.74, 6) is 1.08. The standard InChI is InChI=1S/C15H28N2O2/c1-2-3-12-4-6-13(7-5-12)17-15(18)10-14-11-19-9-8-16-14/h12-14,16H,2-11H2,1H3,(H,17,18). The predicted molar refractivity (Wildman–Crippen MR) is 76.0 cm³/mol. The van der Waals surface area contributed by atoms with E-state index in [1.54, 1.807) is 0 Å². The van der Waals surface area contributed by atoms with Crippen LogP contribution in [0.3, 0.4) is 0 Å². The van der Waals surface area contributed by atoms with E-state index >= 15 is 0 Å². The number of amides is 1. The fraction of sp³-hybridized carbons (Fsp3) is 0.933. The molecular formula is C15H28N2O2. The summed E-state index contributed by atoms with van der Waals surface area (Å²) in [6, 6.07) is 0.607. The molecule has 1 amide bonds.